The number of aryl methyl sites for hydroxylation is 2. The van der Waals surface area contributed by atoms with Gasteiger partial charge < -0.3 is 4.90 Å². The summed E-state index contributed by atoms with van der Waals surface area (Å²) in [6.07, 6.45) is 3.36. The molecule has 1 aliphatic heterocycles. The maximum atomic E-state index is 12.5. The maximum absolute atomic E-state index is 12.5. The van der Waals surface area contributed by atoms with Gasteiger partial charge in [0, 0.05) is 18.8 Å². The highest BCUT2D eigenvalue weighted by atomic mass is 32.1. The van der Waals surface area contributed by atoms with Crippen LogP contribution in [0.2, 0.25) is 0 Å². The van der Waals surface area contributed by atoms with E-state index in [4.69, 9.17) is 0 Å². The monoisotopic (exact) mass is 379 g/mol. The van der Waals surface area contributed by atoms with Gasteiger partial charge >= 0.3 is 0 Å². The summed E-state index contributed by atoms with van der Waals surface area (Å²) >= 11 is 1.47. The summed E-state index contributed by atoms with van der Waals surface area (Å²) in [5.74, 6) is 1.47. The van der Waals surface area contributed by atoms with Crippen molar-refractivity contribution in [3.05, 3.63) is 57.5 Å². The number of fused-ring (bicyclic) bond motifs is 4. The van der Waals surface area contributed by atoms with E-state index in [1.54, 1.807) is 11.6 Å². The molecule has 0 spiro atoms. The number of hydrogen-bond donors (Lipinski definition) is 0. The van der Waals surface area contributed by atoms with Gasteiger partial charge in [0.1, 0.15) is 4.70 Å². The number of aromatic nitrogens is 4. The predicted octanol–water partition coefficient (Wildman–Crippen LogP) is 3.37. The van der Waals surface area contributed by atoms with Crippen LogP contribution in [-0.4, -0.2) is 25.2 Å². The molecule has 0 amide bonds. The highest BCUT2D eigenvalue weighted by Crippen LogP contribution is 2.33. The molecule has 0 N–H and O–H groups in total. The fourth-order valence-electron chi connectivity index (χ4n) is 4.22. The molecular formula is C20H21N5OS. The third-order valence-electron chi connectivity index (χ3n) is 5.67. The van der Waals surface area contributed by atoms with Gasteiger partial charge in [0.25, 0.3) is 5.56 Å². The average molecular weight is 379 g/mol. The second kappa shape index (κ2) is 6.20. The molecule has 1 aromatic carbocycles. The van der Waals surface area contributed by atoms with E-state index in [-0.39, 0.29) is 5.56 Å². The molecule has 27 heavy (non-hydrogen) atoms. The number of benzene rings is 1. The van der Waals surface area contributed by atoms with E-state index in [1.807, 2.05) is 15.8 Å². The van der Waals surface area contributed by atoms with Crippen LogP contribution < -0.4 is 10.5 Å². The molecule has 3 aromatic heterocycles. The number of hydrogen-bond acceptors (Lipinski definition) is 5. The number of rotatable bonds is 3. The molecule has 0 aliphatic carbocycles. The van der Waals surface area contributed by atoms with Crippen molar-refractivity contribution in [2.24, 2.45) is 7.05 Å². The van der Waals surface area contributed by atoms with Crippen molar-refractivity contribution in [1.82, 2.24) is 19.2 Å². The van der Waals surface area contributed by atoms with Gasteiger partial charge in [-0.15, -0.1) is 21.5 Å². The Morgan fingerprint density at radius 1 is 1.22 bits per heavy atom. The van der Waals surface area contributed by atoms with Gasteiger partial charge in [-0.2, -0.15) is 0 Å². The fraction of sp³-hybridized carbons (Fsp3) is 0.350. The Kier molecular flexibility index (Phi) is 3.79. The van der Waals surface area contributed by atoms with Crippen LogP contribution in [0.25, 0.3) is 16.0 Å². The molecule has 0 radical (unpaired) electrons. The minimum Gasteiger partial charge on any atom is -0.361 e. The largest absolute Gasteiger partial charge is 0.361 e. The maximum Gasteiger partial charge on any atom is 0.272 e. The normalized spacial score (nSPS) is 17.0. The second-order valence-corrected chi connectivity index (χ2v) is 8.02. The summed E-state index contributed by atoms with van der Waals surface area (Å²) in [5, 5.41) is 10.8. The Hall–Kier alpha value is -2.67. The summed E-state index contributed by atoms with van der Waals surface area (Å²) in [6.45, 7) is 2.92. The Labute approximate surface area is 160 Å². The van der Waals surface area contributed by atoms with Crippen LogP contribution in [0.1, 0.15) is 31.2 Å². The standard InChI is InChI=1S/C20H21N5OS/c1-3-14-9-8-13-6-4-5-7-15(13)24(14)12-17-21-22-20-23(2)19(26)18-16(25(17)20)10-11-27-18/h4-7,10-11,14H,3,8-9,12H2,1-2H3/t14-/m0/s1. The Bertz CT molecular complexity index is 1200. The average Bonchev–Trinajstić information content (AvgIpc) is 3.33. The minimum atomic E-state index is -0.0128. The molecular weight excluding hydrogens is 358 g/mol. The van der Waals surface area contributed by atoms with Crippen molar-refractivity contribution in [3.63, 3.8) is 0 Å². The van der Waals surface area contributed by atoms with Crippen LogP contribution >= 0.6 is 11.3 Å². The lowest BCUT2D eigenvalue weighted by Gasteiger charge is -2.38. The first-order chi connectivity index (χ1) is 13.2. The Balaban J connectivity index is 1.68. The molecule has 4 heterocycles. The second-order valence-electron chi connectivity index (χ2n) is 7.11. The zero-order valence-corrected chi connectivity index (χ0v) is 16.2. The van der Waals surface area contributed by atoms with Gasteiger partial charge in [-0.3, -0.25) is 13.8 Å². The molecule has 6 nitrogen and oxygen atoms in total. The Morgan fingerprint density at radius 3 is 2.93 bits per heavy atom. The molecule has 1 aliphatic rings. The SMILES string of the molecule is CC[C@H]1CCc2ccccc2N1Cc1nnc2n(C)c(=O)c3sccc3n12. The smallest absolute Gasteiger partial charge is 0.272 e. The van der Waals surface area contributed by atoms with E-state index in [0.717, 1.165) is 35.3 Å². The zero-order valence-electron chi connectivity index (χ0n) is 15.4. The quantitative estimate of drug-likeness (QED) is 0.548. The predicted molar refractivity (Wildman–Crippen MR) is 109 cm³/mol. The topological polar surface area (TPSA) is 55.4 Å². The summed E-state index contributed by atoms with van der Waals surface area (Å²) < 4.78 is 4.38. The summed E-state index contributed by atoms with van der Waals surface area (Å²) in [6, 6.07) is 11.1. The van der Waals surface area contributed by atoms with E-state index in [2.05, 4.69) is 46.3 Å². The van der Waals surface area contributed by atoms with Crippen molar-refractivity contribution >= 4 is 33.0 Å². The summed E-state index contributed by atoms with van der Waals surface area (Å²) in [7, 11) is 1.76. The molecule has 0 bridgehead atoms. The van der Waals surface area contributed by atoms with Crippen LogP contribution in [0.5, 0.6) is 0 Å². The minimum absolute atomic E-state index is 0.0128. The molecule has 0 unspecified atom stereocenters. The first-order valence-corrected chi connectivity index (χ1v) is 10.2. The number of para-hydroxylation sites is 1. The molecule has 1 atom stereocenters. The van der Waals surface area contributed by atoms with Gasteiger partial charge in [-0.05, 0) is 42.3 Å². The highest BCUT2D eigenvalue weighted by Gasteiger charge is 2.27. The van der Waals surface area contributed by atoms with Crippen LogP contribution in [0, 0.1) is 0 Å². The fourth-order valence-corrected chi connectivity index (χ4v) is 5.07. The van der Waals surface area contributed by atoms with Gasteiger partial charge in [-0.25, -0.2) is 0 Å². The van der Waals surface area contributed by atoms with Gasteiger partial charge in [0.05, 0.1) is 12.1 Å². The van der Waals surface area contributed by atoms with E-state index in [1.165, 1.54) is 22.6 Å². The molecule has 5 rings (SSSR count). The van der Waals surface area contributed by atoms with Crippen molar-refractivity contribution in [3.8, 4) is 0 Å². The first kappa shape index (κ1) is 16.5. The lowest BCUT2D eigenvalue weighted by atomic mass is 9.94. The van der Waals surface area contributed by atoms with Crippen molar-refractivity contribution in [1.29, 1.82) is 0 Å². The third-order valence-corrected chi connectivity index (χ3v) is 6.56. The molecule has 0 saturated heterocycles. The van der Waals surface area contributed by atoms with Crippen molar-refractivity contribution in [2.75, 3.05) is 4.90 Å². The lowest BCUT2D eigenvalue weighted by Crippen LogP contribution is -2.39. The third kappa shape index (κ3) is 2.41. The van der Waals surface area contributed by atoms with Crippen LogP contribution in [0.15, 0.2) is 40.5 Å². The Morgan fingerprint density at radius 2 is 2.07 bits per heavy atom. The van der Waals surface area contributed by atoms with Gasteiger partial charge in [-0.1, -0.05) is 25.1 Å². The first-order valence-electron chi connectivity index (χ1n) is 9.33. The van der Waals surface area contributed by atoms with Crippen LogP contribution in [0.4, 0.5) is 5.69 Å². The molecule has 0 fully saturated rings. The molecule has 0 saturated carbocycles. The van der Waals surface area contributed by atoms with Gasteiger partial charge in [0.2, 0.25) is 5.78 Å². The lowest BCUT2D eigenvalue weighted by molar-refractivity contribution is 0.504. The molecule has 7 heteroatoms. The van der Waals surface area contributed by atoms with E-state index < -0.39 is 0 Å². The summed E-state index contributed by atoms with van der Waals surface area (Å²) in [4.78, 5) is 15.0. The number of thiophene rings is 1. The highest BCUT2D eigenvalue weighted by molar-refractivity contribution is 7.17. The molecule has 4 aromatic rings. The van der Waals surface area contributed by atoms with E-state index >= 15 is 0 Å². The number of anilines is 1. The van der Waals surface area contributed by atoms with Gasteiger partial charge in [0.15, 0.2) is 5.82 Å². The van der Waals surface area contributed by atoms with Crippen LogP contribution in [-0.2, 0) is 20.0 Å². The van der Waals surface area contributed by atoms with Crippen LogP contribution in [0.3, 0.4) is 0 Å². The number of nitrogens with zero attached hydrogens (tertiary/aromatic N) is 5. The summed E-state index contributed by atoms with van der Waals surface area (Å²) in [5.41, 5.74) is 3.57. The zero-order chi connectivity index (χ0) is 18.5. The van der Waals surface area contributed by atoms with E-state index in [0.29, 0.717) is 18.4 Å². The van der Waals surface area contributed by atoms with Crippen molar-refractivity contribution in [2.45, 2.75) is 38.8 Å². The van der Waals surface area contributed by atoms with Crippen molar-refractivity contribution < 1.29 is 0 Å². The molecule has 138 valence electrons. The van der Waals surface area contributed by atoms with E-state index in [9.17, 15) is 4.79 Å².